The number of nitrogens with zero attached hydrogens (tertiary/aromatic N) is 1. The van der Waals surface area contributed by atoms with E-state index in [9.17, 15) is 13.2 Å². The maximum Gasteiger partial charge on any atom is 0.242 e. The summed E-state index contributed by atoms with van der Waals surface area (Å²) < 4.78 is 22.7. The molecule has 0 saturated carbocycles. The summed E-state index contributed by atoms with van der Waals surface area (Å²) in [5, 5.41) is 3.25. The van der Waals surface area contributed by atoms with Crippen LogP contribution in [0.15, 0.2) is 24.3 Å². The first-order chi connectivity index (χ1) is 9.42. The van der Waals surface area contributed by atoms with E-state index >= 15 is 0 Å². The minimum Gasteiger partial charge on any atom is -0.313 e. The summed E-state index contributed by atoms with van der Waals surface area (Å²) in [6.45, 7) is 0.559. The standard InChI is InChI=1S/C14H20N2O3S/c1-15-12-7-5-9-16(14(17)10-20(2,18)19)13-8-4-3-6-11(12)13/h3-4,6,8,12,15H,5,7,9-10H2,1-2H3. The second-order valence-corrected chi connectivity index (χ2v) is 7.30. The number of hydrogen-bond acceptors (Lipinski definition) is 4. The van der Waals surface area contributed by atoms with Crippen molar-refractivity contribution in [3.63, 3.8) is 0 Å². The monoisotopic (exact) mass is 296 g/mol. The fourth-order valence-corrected chi connectivity index (χ4v) is 3.22. The number of benzene rings is 1. The zero-order valence-electron chi connectivity index (χ0n) is 11.8. The third-order valence-corrected chi connectivity index (χ3v) is 4.28. The fourth-order valence-electron chi connectivity index (χ4n) is 2.62. The average molecular weight is 296 g/mol. The maximum absolute atomic E-state index is 12.3. The molecule has 0 spiro atoms. The summed E-state index contributed by atoms with van der Waals surface area (Å²) in [6, 6.07) is 7.88. The van der Waals surface area contributed by atoms with E-state index in [2.05, 4.69) is 5.32 Å². The molecule has 0 aliphatic carbocycles. The van der Waals surface area contributed by atoms with Gasteiger partial charge in [-0.1, -0.05) is 18.2 Å². The second kappa shape index (κ2) is 5.93. The summed E-state index contributed by atoms with van der Waals surface area (Å²) in [7, 11) is -1.41. The Balaban J connectivity index is 2.37. The number of hydrogen-bond donors (Lipinski definition) is 1. The predicted octanol–water partition coefficient (Wildman–Crippen LogP) is 1.12. The Labute approximate surface area is 119 Å². The van der Waals surface area contributed by atoms with E-state index in [1.165, 1.54) is 0 Å². The summed E-state index contributed by atoms with van der Waals surface area (Å²) in [6.07, 6.45) is 2.86. The zero-order valence-corrected chi connectivity index (χ0v) is 12.6. The van der Waals surface area contributed by atoms with Gasteiger partial charge in [-0.25, -0.2) is 8.42 Å². The molecule has 0 radical (unpaired) electrons. The molecule has 5 nitrogen and oxygen atoms in total. The third-order valence-electron chi connectivity index (χ3n) is 3.51. The van der Waals surface area contributed by atoms with Crippen LogP contribution in [0.2, 0.25) is 0 Å². The maximum atomic E-state index is 12.3. The average Bonchev–Trinajstić information content (AvgIpc) is 2.55. The highest BCUT2D eigenvalue weighted by atomic mass is 32.2. The number of carbonyl (C=O) groups is 1. The smallest absolute Gasteiger partial charge is 0.242 e. The van der Waals surface area contributed by atoms with Crippen molar-refractivity contribution in [3.8, 4) is 0 Å². The first kappa shape index (κ1) is 15.0. The molecule has 1 amide bonds. The molecule has 20 heavy (non-hydrogen) atoms. The highest BCUT2D eigenvalue weighted by Crippen LogP contribution is 2.32. The van der Waals surface area contributed by atoms with Gasteiger partial charge in [0.25, 0.3) is 0 Å². The van der Waals surface area contributed by atoms with Crippen LogP contribution < -0.4 is 10.2 Å². The van der Waals surface area contributed by atoms with Gasteiger partial charge >= 0.3 is 0 Å². The van der Waals surface area contributed by atoms with E-state index in [0.717, 1.165) is 30.3 Å². The van der Waals surface area contributed by atoms with Crippen LogP contribution in [-0.2, 0) is 14.6 Å². The lowest BCUT2D eigenvalue weighted by Crippen LogP contribution is -2.36. The van der Waals surface area contributed by atoms with Crippen molar-refractivity contribution in [2.45, 2.75) is 18.9 Å². The molecule has 0 bridgehead atoms. The first-order valence-corrected chi connectivity index (χ1v) is 8.72. The molecule has 1 unspecified atom stereocenters. The van der Waals surface area contributed by atoms with Crippen LogP contribution in [-0.4, -0.2) is 39.9 Å². The summed E-state index contributed by atoms with van der Waals surface area (Å²) in [4.78, 5) is 13.9. The number of rotatable bonds is 3. The number of fused-ring (bicyclic) bond motifs is 1. The Bertz CT molecular complexity index is 598. The van der Waals surface area contributed by atoms with Gasteiger partial charge < -0.3 is 10.2 Å². The van der Waals surface area contributed by atoms with E-state index in [0.29, 0.717) is 6.54 Å². The first-order valence-electron chi connectivity index (χ1n) is 6.66. The van der Waals surface area contributed by atoms with Gasteiger partial charge in [-0.3, -0.25) is 4.79 Å². The van der Waals surface area contributed by atoms with Gasteiger partial charge in [-0.05, 0) is 31.5 Å². The molecule has 0 fully saturated rings. The van der Waals surface area contributed by atoms with Crippen LogP contribution in [0.4, 0.5) is 5.69 Å². The van der Waals surface area contributed by atoms with Crippen molar-refractivity contribution < 1.29 is 13.2 Å². The number of sulfone groups is 1. The molecule has 1 atom stereocenters. The van der Waals surface area contributed by atoms with Crippen LogP contribution in [0, 0.1) is 0 Å². The number of carbonyl (C=O) groups excluding carboxylic acids is 1. The van der Waals surface area contributed by atoms with E-state index in [1.807, 2.05) is 31.3 Å². The lowest BCUT2D eigenvalue weighted by atomic mass is 10.0. The van der Waals surface area contributed by atoms with Gasteiger partial charge in [0.05, 0.1) is 0 Å². The molecule has 1 aromatic carbocycles. The molecule has 110 valence electrons. The van der Waals surface area contributed by atoms with Crippen molar-refractivity contribution in [1.29, 1.82) is 0 Å². The van der Waals surface area contributed by atoms with E-state index in [4.69, 9.17) is 0 Å². The van der Waals surface area contributed by atoms with Gasteiger partial charge in [0.2, 0.25) is 5.91 Å². The van der Waals surface area contributed by atoms with Crippen molar-refractivity contribution in [3.05, 3.63) is 29.8 Å². The Morgan fingerprint density at radius 2 is 2.10 bits per heavy atom. The molecule has 0 saturated heterocycles. The van der Waals surface area contributed by atoms with E-state index in [1.54, 1.807) is 4.90 Å². The fraction of sp³-hybridized carbons (Fsp3) is 0.500. The highest BCUT2D eigenvalue weighted by Gasteiger charge is 2.26. The number of anilines is 1. The third kappa shape index (κ3) is 3.37. The Morgan fingerprint density at radius 3 is 2.75 bits per heavy atom. The number of nitrogens with one attached hydrogen (secondary N) is 1. The van der Waals surface area contributed by atoms with Crippen molar-refractivity contribution >= 4 is 21.4 Å². The Morgan fingerprint density at radius 1 is 1.40 bits per heavy atom. The van der Waals surface area contributed by atoms with Crippen LogP contribution in [0.5, 0.6) is 0 Å². The molecule has 1 aliphatic heterocycles. The summed E-state index contributed by atoms with van der Waals surface area (Å²) in [5.41, 5.74) is 1.87. The van der Waals surface area contributed by atoms with Crippen LogP contribution >= 0.6 is 0 Å². The molecular formula is C14H20N2O3S. The number of amides is 1. The van der Waals surface area contributed by atoms with Gasteiger partial charge in [0, 0.05) is 24.5 Å². The molecule has 1 heterocycles. The molecule has 0 aromatic heterocycles. The molecule has 1 aromatic rings. The minimum atomic E-state index is -3.31. The zero-order chi connectivity index (χ0) is 14.8. The van der Waals surface area contributed by atoms with Crippen LogP contribution in [0.25, 0.3) is 0 Å². The normalized spacial score (nSPS) is 19.3. The molecule has 1 N–H and O–H groups in total. The van der Waals surface area contributed by atoms with Gasteiger partial charge in [0.1, 0.15) is 5.75 Å². The van der Waals surface area contributed by atoms with Gasteiger partial charge in [-0.2, -0.15) is 0 Å². The lowest BCUT2D eigenvalue weighted by Gasteiger charge is -2.23. The Hall–Kier alpha value is -1.40. The lowest BCUT2D eigenvalue weighted by molar-refractivity contribution is -0.116. The number of para-hydroxylation sites is 1. The SMILES string of the molecule is CNC1CCCN(C(=O)CS(C)(=O)=O)c2ccccc21. The van der Waals surface area contributed by atoms with Crippen molar-refractivity contribution in [2.24, 2.45) is 0 Å². The highest BCUT2D eigenvalue weighted by molar-refractivity contribution is 7.91. The summed E-state index contributed by atoms with van der Waals surface area (Å²) >= 11 is 0. The molecular weight excluding hydrogens is 276 g/mol. The minimum absolute atomic E-state index is 0.197. The Kier molecular flexibility index (Phi) is 4.45. The van der Waals surface area contributed by atoms with Gasteiger partial charge in [-0.15, -0.1) is 0 Å². The van der Waals surface area contributed by atoms with Crippen molar-refractivity contribution in [1.82, 2.24) is 5.32 Å². The molecule has 2 rings (SSSR count). The largest absolute Gasteiger partial charge is 0.313 e. The van der Waals surface area contributed by atoms with Crippen molar-refractivity contribution in [2.75, 3.05) is 30.5 Å². The van der Waals surface area contributed by atoms with Gasteiger partial charge in [0.15, 0.2) is 9.84 Å². The summed E-state index contributed by atoms with van der Waals surface area (Å²) in [5.74, 6) is -0.789. The van der Waals surface area contributed by atoms with Crippen LogP contribution in [0.1, 0.15) is 24.4 Å². The van der Waals surface area contributed by atoms with E-state index < -0.39 is 15.6 Å². The van der Waals surface area contributed by atoms with E-state index in [-0.39, 0.29) is 11.9 Å². The molecule has 1 aliphatic rings. The second-order valence-electron chi connectivity index (χ2n) is 5.16. The predicted molar refractivity (Wildman–Crippen MR) is 79.5 cm³/mol. The van der Waals surface area contributed by atoms with Crippen LogP contribution in [0.3, 0.4) is 0 Å². The molecule has 6 heteroatoms. The quantitative estimate of drug-likeness (QED) is 0.907. The topological polar surface area (TPSA) is 66.5 Å².